The van der Waals surface area contributed by atoms with Crippen LogP contribution in [0.2, 0.25) is 0 Å². The zero-order chi connectivity index (χ0) is 9.03. The fourth-order valence-electron chi connectivity index (χ4n) is 1.05. The topological polar surface area (TPSA) is 29.5 Å². The standard InChI is InChI=1S/C10H14O2/c1-10(11,12-2)8-9-6-4-3-5-7-9/h3-7,11H,8H2,1-2H3. The molecule has 1 aromatic carbocycles. The lowest BCUT2D eigenvalue weighted by Crippen LogP contribution is -2.29. The van der Waals surface area contributed by atoms with Gasteiger partial charge in [-0.2, -0.15) is 0 Å². The SMILES string of the molecule is COC(C)(O)Cc1ccccc1. The number of ether oxygens (including phenoxy) is 1. The van der Waals surface area contributed by atoms with E-state index in [2.05, 4.69) is 0 Å². The highest BCUT2D eigenvalue weighted by Gasteiger charge is 2.18. The number of methoxy groups -OCH3 is 1. The molecule has 0 heterocycles. The number of benzene rings is 1. The summed E-state index contributed by atoms with van der Waals surface area (Å²) in [4.78, 5) is 0. The van der Waals surface area contributed by atoms with Gasteiger partial charge in [0.05, 0.1) is 0 Å². The van der Waals surface area contributed by atoms with Crippen LogP contribution in [-0.4, -0.2) is 18.0 Å². The normalized spacial score (nSPS) is 15.6. The average molecular weight is 166 g/mol. The first-order chi connectivity index (χ1) is 5.64. The zero-order valence-corrected chi connectivity index (χ0v) is 7.45. The van der Waals surface area contributed by atoms with Gasteiger partial charge in [-0.1, -0.05) is 30.3 Å². The molecule has 0 saturated carbocycles. The summed E-state index contributed by atoms with van der Waals surface area (Å²) in [6, 6.07) is 9.77. The summed E-state index contributed by atoms with van der Waals surface area (Å²) in [5, 5.41) is 9.55. The Bertz CT molecular complexity index is 229. The van der Waals surface area contributed by atoms with Crippen LogP contribution in [0.1, 0.15) is 12.5 Å². The summed E-state index contributed by atoms with van der Waals surface area (Å²) in [5.74, 6) is -1.05. The summed E-state index contributed by atoms with van der Waals surface area (Å²) in [6.45, 7) is 1.65. The van der Waals surface area contributed by atoms with Crippen LogP contribution in [0.25, 0.3) is 0 Å². The Kier molecular flexibility index (Phi) is 2.84. The van der Waals surface area contributed by atoms with Crippen molar-refractivity contribution in [1.82, 2.24) is 0 Å². The van der Waals surface area contributed by atoms with E-state index < -0.39 is 5.79 Å². The van der Waals surface area contributed by atoms with Crippen LogP contribution < -0.4 is 0 Å². The van der Waals surface area contributed by atoms with Gasteiger partial charge in [0.15, 0.2) is 5.79 Å². The molecular formula is C10H14O2. The molecular weight excluding hydrogens is 152 g/mol. The maximum Gasteiger partial charge on any atom is 0.166 e. The van der Waals surface area contributed by atoms with E-state index in [0.717, 1.165) is 5.56 Å². The molecule has 0 aliphatic rings. The minimum atomic E-state index is -1.05. The molecule has 0 saturated heterocycles. The van der Waals surface area contributed by atoms with Gasteiger partial charge in [-0.3, -0.25) is 0 Å². The van der Waals surface area contributed by atoms with Gasteiger partial charge in [-0.05, 0) is 12.5 Å². The van der Waals surface area contributed by atoms with Crippen LogP contribution in [0.15, 0.2) is 30.3 Å². The van der Waals surface area contributed by atoms with Crippen molar-refractivity contribution in [1.29, 1.82) is 0 Å². The third-order valence-corrected chi connectivity index (χ3v) is 1.81. The molecule has 12 heavy (non-hydrogen) atoms. The fraction of sp³-hybridized carbons (Fsp3) is 0.400. The first kappa shape index (κ1) is 9.23. The fourth-order valence-corrected chi connectivity index (χ4v) is 1.05. The number of rotatable bonds is 3. The molecule has 1 unspecified atom stereocenters. The third-order valence-electron chi connectivity index (χ3n) is 1.81. The Morgan fingerprint density at radius 2 is 1.92 bits per heavy atom. The highest BCUT2D eigenvalue weighted by Crippen LogP contribution is 2.12. The molecule has 2 heteroatoms. The third kappa shape index (κ3) is 2.64. The summed E-state index contributed by atoms with van der Waals surface area (Å²) in [7, 11) is 1.50. The number of aliphatic hydroxyl groups is 1. The molecule has 66 valence electrons. The molecule has 1 aromatic rings. The molecule has 0 aliphatic carbocycles. The van der Waals surface area contributed by atoms with Gasteiger partial charge in [-0.15, -0.1) is 0 Å². The lowest BCUT2D eigenvalue weighted by atomic mass is 10.1. The van der Waals surface area contributed by atoms with E-state index in [1.54, 1.807) is 6.92 Å². The quantitative estimate of drug-likeness (QED) is 0.691. The van der Waals surface area contributed by atoms with E-state index in [4.69, 9.17) is 4.74 Å². The van der Waals surface area contributed by atoms with E-state index in [0.29, 0.717) is 6.42 Å². The zero-order valence-electron chi connectivity index (χ0n) is 7.45. The van der Waals surface area contributed by atoms with Crippen molar-refractivity contribution < 1.29 is 9.84 Å². The molecule has 1 atom stereocenters. The van der Waals surface area contributed by atoms with Crippen molar-refractivity contribution in [2.45, 2.75) is 19.1 Å². The number of hydrogen-bond donors (Lipinski definition) is 1. The van der Waals surface area contributed by atoms with E-state index in [9.17, 15) is 5.11 Å². The summed E-state index contributed by atoms with van der Waals surface area (Å²) in [6.07, 6.45) is 0.518. The molecule has 0 aliphatic heterocycles. The highest BCUT2D eigenvalue weighted by atomic mass is 16.6. The molecule has 1 N–H and O–H groups in total. The van der Waals surface area contributed by atoms with Crippen LogP contribution in [-0.2, 0) is 11.2 Å². The van der Waals surface area contributed by atoms with Gasteiger partial charge in [-0.25, -0.2) is 0 Å². The Morgan fingerprint density at radius 3 is 2.42 bits per heavy atom. The molecule has 1 rings (SSSR count). The maximum atomic E-state index is 9.55. The Morgan fingerprint density at radius 1 is 1.33 bits per heavy atom. The summed E-state index contributed by atoms with van der Waals surface area (Å²) < 4.78 is 4.90. The van der Waals surface area contributed by atoms with Crippen molar-refractivity contribution in [3.8, 4) is 0 Å². The Hall–Kier alpha value is -0.860. The van der Waals surface area contributed by atoms with Crippen LogP contribution in [0.4, 0.5) is 0 Å². The van der Waals surface area contributed by atoms with Gasteiger partial charge in [0.2, 0.25) is 0 Å². The second-order valence-corrected chi connectivity index (χ2v) is 3.04. The van der Waals surface area contributed by atoms with E-state index >= 15 is 0 Å². The van der Waals surface area contributed by atoms with Gasteiger partial charge in [0.25, 0.3) is 0 Å². The predicted molar refractivity (Wildman–Crippen MR) is 47.8 cm³/mol. The van der Waals surface area contributed by atoms with Gasteiger partial charge in [0, 0.05) is 13.5 Å². The predicted octanol–water partition coefficient (Wildman–Crippen LogP) is 1.58. The Labute approximate surface area is 72.8 Å². The van der Waals surface area contributed by atoms with Crippen LogP contribution in [0.3, 0.4) is 0 Å². The molecule has 0 bridgehead atoms. The van der Waals surface area contributed by atoms with E-state index in [-0.39, 0.29) is 0 Å². The minimum absolute atomic E-state index is 0.518. The molecule has 0 aromatic heterocycles. The molecule has 0 spiro atoms. The minimum Gasteiger partial charge on any atom is -0.365 e. The van der Waals surface area contributed by atoms with Crippen molar-refractivity contribution in [3.05, 3.63) is 35.9 Å². The highest BCUT2D eigenvalue weighted by molar-refractivity contribution is 5.15. The molecule has 0 amide bonds. The smallest absolute Gasteiger partial charge is 0.166 e. The van der Waals surface area contributed by atoms with Gasteiger partial charge < -0.3 is 9.84 Å². The second-order valence-electron chi connectivity index (χ2n) is 3.04. The molecule has 2 nitrogen and oxygen atoms in total. The second kappa shape index (κ2) is 3.70. The van der Waals surface area contributed by atoms with Gasteiger partial charge in [0.1, 0.15) is 0 Å². The van der Waals surface area contributed by atoms with E-state index in [1.807, 2.05) is 30.3 Å². The summed E-state index contributed by atoms with van der Waals surface area (Å²) >= 11 is 0. The van der Waals surface area contributed by atoms with Crippen LogP contribution in [0, 0.1) is 0 Å². The van der Waals surface area contributed by atoms with Crippen LogP contribution >= 0.6 is 0 Å². The van der Waals surface area contributed by atoms with Crippen molar-refractivity contribution in [2.24, 2.45) is 0 Å². The van der Waals surface area contributed by atoms with Crippen molar-refractivity contribution in [2.75, 3.05) is 7.11 Å². The average Bonchev–Trinajstić information content (AvgIpc) is 2.06. The van der Waals surface area contributed by atoms with Crippen molar-refractivity contribution in [3.63, 3.8) is 0 Å². The maximum absolute atomic E-state index is 9.55. The molecule has 0 radical (unpaired) electrons. The van der Waals surface area contributed by atoms with Crippen molar-refractivity contribution >= 4 is 0 Å². The lowest BCUT2D eigenvalue weighted by Gasteiger charge is -2.20. The Balaban J connectivity index is 2.64. The van der Waals surface area contributed by atoms with E-state index in [1.165, 1.54) is 7.11 Å². The first-order valence-corrected chi connectivity index (χ1v) is 3.95. The van der Waals surface area contributed by atoms with Gasteiger partial charge >= 0.3 is 0 Å². The summed E-state index contributed by atoms with van der Waals surface area (Å²) in [5.41, 5.74) is 1.07. The van der Waals surface area contributed by atoms with Crippen LogP contribution in [0.5, 0.6) is 0 Å². The monoisotopic (exact) mass is 166 g/mol. The first-order valence-electron chi connectivity index (χ1n) is 3.95. The lowest BCUT2D eigenvalue weighted by molar-refractivity contribution is -0.169. The molecule has 0 fully saturated rings. The number of hydrogen-bond acceptors (Lipinski definition) is 2. The largest absolute Gasteiger partial charge is 0.365 e.